The van der Waals surface area contributed by atoms with Gasteiger partial charge in [0.05, 0.1) is 18.0 Å². The number of aromatic amines is 1. The lowest BCUT2D eigenvalue weighted by Crippen LogP contribution is -2.29. The summed E-state index contributed by atoms with van der Waals surface area (Å²) in [5, 5.41) is 6.85. The van der Waals surface area contributed by atoms with Gasteiger partial charge in [-0.3, -0.25) is 14.4 Å². The third kappa shape index (κ3) is 8.79. The standard InChI is InChI=1S/C39H40N4O4S.CH4/c1-26-12-13-28-23-36(41-35(28)20-26)37(44)33-24-31(43-17-4-3-5-18-43)14-15-34(33)42-39(46)29-9-6-8-27(21-29)25-48-32-11-7-10-30(22-32)38(45)40-16-19-47-2;/h6-15,20-24,41H,3-5,16-19,25H2,1-2H3,(H,40,45)(H,42,46);1H4. The summed E-state index contributed by atoms with van der Waals surface area (Å²) in [4.78, 5) is 46.7. The van der Waals surface area contributed by atoms with Crippen LogP contribution < -0.4 is 15.5 Å². The van der Waals surface area contributed by atoms with Gasteiger partial charge in [0, 0.05) is 70.7 Å². The van der Waals surface area contributed by atoms with Gasteiger partial charge in [0.2, 0.25) is 5.78 Å². The third-order valence-corrected chi connectivity index (χ3v) is 9.59. The lowest BCUT2D eigenvalue weighted by atomic mass is 10.0. The minimum absolute atomic E-state index is 0. The topological polar surface area (TPSA) is 104 Å². The Kier molecular flexibility index (Phi) is 11.9. The van der Waals surface area contributed by atoms with Crippen molar-refractivity contribution in [1.82, 2.24) is 10.3 Å². The molecule has 0 spiro atoms. The van der Waals surface area contributed by atoms with E-state index in [0.29, 0.717) is 47.0 Å². The van der Waals surface area contributed by atoms with Crippen LogP contribution in [0.2, 0.25) is 0 Å². The number of carbonyl (C=O) groups excluding carboxylic acids is 3. The van der Waals surface area contributed by atoms with Gasteiger partial charge < -0.3 is 25.3 Å². The minimum atomic E-state index is -0.288. The Labute approximate surface area is 292 Å². The van der Waals surface area contributed by atoms with Gasteiger partial charge in [-0.15, -0.1) is 11.8 Å². The van der Waals surface area contributed by atoms with E-state index in [4.69, 9.17) is 4.74 Å². The highest BCUT2D eigenvalue weighted by Crippen LogP contribution is 2.30. The number of hydrogen-bond donors (Lipinski definition) is 3. The molecule has 254 valence electrons. The van der Waals surface area contributed by atoms with Crippen LogP contribution in [-0.2, 0) is 10.5 Å². The predicted molar refractivity (Wildman–Crippen MR) is 200 cm³/mol. The van der Waals surface area contributed by atoms with Gasteiger partial charge in [-0.25, -0.2) is 0 Å². The van der Waals surface area contributed by atoms with Crippen LogP contribution >= 0.6 is 11.8 Å². The van der Waals surface area contributed by atoms with Crippen LogP contribution in [0.3, 0.4) is 0 Å². The summed E-state index contributed by atoms with van der Waals surface area (Å²) in [5.41, 5.74) is 6.46. The van der Waals surface area contributed by atoms with Crippen LogP contribution in [0.25, 0.3) is 10.9 Å². The average Bonchev–Trinajstić information content (AvgIpc) is 3.54. The Hall–Kier alpha value is -4.86. The molecular weight excluding hydrogens is 633 g/mol. The van der Waals surface area contributed by atoms with E-state index in [1.54, 1.807) is 31.0 Å². The highest BCUT2D eigenvalue weighted by molar-refractivity contribution is 7.98. The molecule has 4 aromatic carbocycles. The highest BCUT2D eigenvalue weighted by Gasteiger charge is 2.21. The second-order valence-corrected chi connectivity index (χ2v) is 13.1. The number of fused-ring (bicyclic) bond motifs is 1. The molecule has 0 unspecified atom stereocenters. The summed E-state index contributed by atoms with van der Waals surface area (Å²) in [6.07, 6.45) is 3.45. The van der Waals surface area contributed by atoms with Crippen molar-refractivity contribution in [1.29, 1.82) is 0 Å². The molecule has 1 saturated heterocycles. The summed E-state index contributed by atoms with van der Waals surface area (Å²) in [6, 6.07) is 28.7. The number of methoxy groups -OCH3 is 1. The Morgan fingerprint density at radius 3 is 2.43 bits per heavy atom. The number of hydrogen-bond acceptors (Lipinski definition) is 6. The number of amides is 2. The molecule has 2 amide bonds. The molecule has 1 fully saturated rings. The van der Waals surface area contributed by atoms with Crippen molar-refractivity contribution < 1.29 is 19.1 Å². The summed E-state index contributed by atoms with van der Waals surface area (Å²) < 4.78 is 5.01. The smallest absolute Gasteiger partial charge is 0.255 e. The van der Waals surface area contributed by atoms with Crippen LogP contribution in [-0.4, -0.2) is 55.9 Å². The number of aromatic nitrogens is 1. The minimum Gasteiger partial charge on any atom is -0.383 e. The molecular formula is C40H44N4O4S. The molecule has 0 saturated carbocycles. The number of anilines is 2. The fourth-order valence-electron chi connectivity index (χ4n) is 5.95. The molecule has 0 aliphatic carbocycles. The number of nitrogens with zero attached hydrogens (tertiary/aromatic N) is 1. The van der Waals surface area contributed by atoms with Crippen molar-refractivity contribution in [2.24, 2.45) is 0 Å². The number of rotatable bonds is 12. The fourth-order valence-corrected chi connectivity index (χ4v) is 6.84. The van der Waals surface area contributed by atoms with Gasteiger partial charge in [0.25, 0.3) is 11.8 Å². The van der Waals surface area contributed by atoms with Crippen molar-refractivity contribution >= 4 is 51.6 Å². The normalized spacial score (nSPS) is 12.7. The number of ether oxygens (including phenoxy) is 1. The maximum absolute atomic E-state index is 14.0. The van der Waals surface area contributed by atoms with Crippen LogP contribution in [0.15, 0.2) is 95.9 Å². The molecule has 1 aromatic heterocycles. The predicted octanol–water partition coefficient (Wildman–Crippen LogP) is 8.25. The van der Waals surface area contributed by atoms with E-state index in [1.807, 2.05) is 85.8 Å². The number of ketones is 1. The molecule has 1 aliphatic heterocycles. The molecule has 8 nitrogen and oxygen atoms in total. The van der Waals surface area contributed by atoms with Gasteiger partial charge in [-0.2, -0.15) is 0 Å². The number of nitrogens with one attached hydrogen (secondary N) is 3. The van der Waals surface area contributed by atoms with Gasteiger partial charge >= 0.3 is 0 Å². The second-order valence-electron chi connectivity index (χ2n) is 12.1. The number of H-pyrrole nitrogens is 1. The van der Waals surface area contributed by atoms with E-state index >= 15 is 0 Å². The highest BCUT2D eigenvalue weighted by atomic mass is 32.2. The van der Waals surface area contributed by atoms with Crippen molar-refractivity contribution in [2.45, 2.75) is 44.3 Å². The monoisotopic (exact) mass is 676 g/mol. The first kappa shape index (κ1) is 35.4. The summed E-state index contributed by atoms with van der Waals surface area (Å²) in [7, 11) is 1.60. The lowest BCUT2D eigenvalue weighted by Gasteiger charge is -2.29. The summed E-state index contributed by atoms with van der Waals surface area (Å²) in [6.45, 7) is 4.82. The Balaban J connectivity index is 0.00000468. The number of carbonyl (C=O) groups is 3. The van der Waals surface area contributed by atoms with Gasteiger partial charge in [-0.05, 0) is 98.0 Å². The van der Waals surface area contributed by atoms with Crippen molar-refractivity contribution in [2.75, 3.05) is 43.6 Å². The number of benzene rings is 4. The zero-order chi connectivity index (χ0) is 33.5. The molecule has 9 heteroatoms. The molecule has 2 heterocycles. The Morgan fingerprint density at radius 1 is 0.857 bits per heavy atom. The van der Waals surface area contributed by atoms with Crippen LogP contribution in [0.1, 0.15) is 74.6 Å². The molecule has 0 radical (unpaired) electrons. The van der Waals surface area contributed by atoms with Crippen LogP contribution in [0, 0.1) is 6.92 Å². The van der Waals surface area contributed by atoms with Gasteiger partial charge in [0.15, 0.2) is 0 Å². The van der Waals surface area contributed by atoms with Gasteiger partial charge in [0.1, 0.15) is 0 Å². The molecule has 0 bridgehead atoms. The van der Waals surface area contributed by atoms with Crippen LogP contribution in [0.5, 0.6) is 0 Å². The maximum atomic E-state index is 14.0. The van der Waals surface area contributed by atoms with Crippen LogP contribution in [0.4, 0.5) is 11.4 Å². The first-order valence-electron chi connectivity index (χ1n) is 16.3. The van der Waals surface area contributed by atoms with Gasteiger partial charge in [-0.1, -0.05) is 37.8 Å². The molecule has 0 atom stereocenters. The lowest BCUT2D eigenvalue weighted by molar-refractivity contribution is 0.0935. The Bertz CT molecular complexity index is 1950. The van der Waals surface area contributed by atoms with Crippen molar-refractivity contribution in [3.8, 4) is 0 Å². The van der Waals surface area contributed by atoms with E-state index in [9.17, 15) is 14.4 Å². The van der Waals surface area contributed by atoms with E-state index in [0.717, 1.165) is 58.5 Å². The molecule has 3 N–H and O–H groups in total. The summed E-state index contributed by atoms with van der Waals surface area (Å²) in [5.74, 6) is 0.0142. The number of aryl methyl sites for hydroxylation is 1. The summed E-state index contributed by atoms with van der Waals surface area (Å²) >= 11 is 1.59. The zero-order valence-corrected chi connectivity index (χ0v) is 28.1. The SMILES string of the molecule is C.COCCNC(=O)c1cccc(SCc2cccc(C(=O)Nc3ccc(N4CCCCC4)cc3C(=O)c3cc4ccc(C)cc4[nH]3)c2)c1. The van der Waals surface area contributed by atoms with E-state index in [-0.39, 0.29) is 25.0 Å². The average molecular weight is 677 g/mol. The van der Waals surface area contributed by atoms with E-state index < -0.39 is 0 Å². The second kappa shape index (κ2) is 16.5. The third-order valence-electron chi connectivity index (χ3n) is 8.52. The molecule has 6 rings (SSSR count). The molecule has 49 heavy (non-hydrogen) atoms. The van der Waals surface area contributed by atoms with E-state index in [1.165, 1.54) is 6.42 Å². The zero-order valence-electron chi connectivity index (χ0n) is 27.3. The van der Waals surface area contributed by atoms with Crippen molar-refractivity contribution in [3.63, 3.8) is 0 Å². The molecule has 1 aliphatic rings. The van der Waals surface area contributed by atoms with E-state index in [2.05, 4.69) is 20.5 Å². The maximum Gasteiger partial charge on any atom is 0.255 e. The number of piperidine rings is 1. The van der Waals surface area contributed by atoms with Crippen molar-refractivity contribution in [3.05, 3.63) is 125 Å². The first-order chi connectivity index (χ1) is 23.4. The number of thioether (sulfide) groups is 1. The Morgan fingerprint density at radius 2 is 1.63 bits per heavy atom. The quantitative estimate of drug-likeness (QED) is 0.0699. The first-order valence-corrected chi connectivity index (χ1v) is 17.3. The fraction of sp³-hybridized carbons (Fsp3) is 0.275. The molecule has 5 aromatic rings. The largest absolute Gasteiger partial charge is 0.383 e.